The van der Waals surface area contributed by atoms with E-state index in [1.807, 2.05) is 24.3 Å². The molecule has 0 saturated carbocycles. The lowest BCUT2D eigenvalue weighted by Crippen LogP contribution is -2.04. The average molecular weight is 409 g/mol. The highest BCUT2D eigenvalue weighted by Crippen LogP contribution is 2.32. The van der Waals surface area contributed by atoms with Gasteiger partial charge in [-0.2, -0.15) is 14.9 Å². The predicted octanol–water partition coefficient (Wildman–Crippen LogP) is 4.72. The summed E-state index contributed by atoms with van der Waals surface area (Å²) in [6.07, 6.45) is 1.66. The van der Waals surface area contributed by atoms with Crippen molar-refractivity contribution in [2.45, 2.75) is 6.61 Å². The SMILES string of the molecule is COc1ccc(/C=N\n2c(COc3c(Cl)cccc3Cl)n[nH]c2=S)cc1. The molecule has 0 unspecified atom stereocenters. The molecule has 0 aliphatic heterocycles. The van der Waals surface area contributed by atoms with Gasteiger partial charge < -0.3 is 9.47 Å². The van der Waals surface area contributed by atoms with Crippen molar-refractivity contribution in [1.29, 1.82) is 0 Å². The Balaban J connectivity index is 1.78. The van der Waals surface area contributed by atoms with Crippen LogP contribution in [0.1, 0.15) is 11.4 Å². The second-order valence-corrected chi connectivity index (χ2v) is 6.32. The van der Waals surface area contributed by atoms with Crippen molar-refractivity contribution >= 4 is 41.6 Å². The monoisotopic (exact) mass is 408 g/mol. The van der Waals surface area contributed by atoms with Crippen molar-refractivity contribution in [3.8, 4) is 11.5 Å². The third-order valence-corrected chi connectivity index (χ3v) is 4.28. The van der Waals surface area contributed by atoms with Crippen LogP contribution in [0.15, 0.2) is 47.6 Å². The van der Waals surface area contributed by atoms with Crippen LogP contribution in [-0.2, 0) is 6.61 Å². The largest absolute Gasteiger partial charge is 0.497 e. The summed E-state index contributed by atoms with van der Waals surface area (Å²) in [6, 6.07) is 12.6. The van der Waals surface area contributed by atoms with E-state index < -0.39 is 0 Å². The topological polar surface area (TPSA) is 64.4 Å². The average Bonchev–Trinajstić information content (AvgIpc) is 3.00. The highest BCUT2D eigenvalue weighted by atomic mass is 35.5. The number of benzene rings is 2. The number of hydrogen-bond donors (Lipinski definition) is 1. The first-order chi connectivity index (χ1) is 12.6. The Hall–Kier alpha value is -2.35. The summed E-state index contributed by atoms with van der Waals surface area (Å²) in [5.74, 6) is 1.64. The molecule has 0 spiro atoms. The molecule has 0 fully saturated rings. The molecule has 134 valence electrons. The van der Waals surface area contributed by atoms with Crippen LogP contribution in [0.3, 0.4) is 0 Å². The zero-order valence-corrected chi connectivity index (χ0v) is 16.0. The maximum Gasteiger partial charge on any atom is 0.216 e. The van der Waals surface area contributed by atoms with E-state index in [0.717, 1.165) is 11.3 Å². The summed E-state index contributed by atoms with van der Waals surface area (Å²) in [5, 5.41) is 12.0. The maximum atomic E-state index is 6.10. The third-order valence-electron chi connectivity index (χ3n) is 3.42. The molecular weight excluding hydrogens is 395 g/mol. The van der Waals surface area contributed by atoms with E-state index in [1.165, 1.54) is 4.68 Å². The summed E-state index contributed by atoms with van der Waals surface area (Å²) in [6.45, 7) is 0.0938. The van der Waals surface area contributed by atoms with E-state index in [9.17, 15) is 0 Å². The van der Waals surface area contributed by atoms with Crippen LogP contribution in [0.4, 0.5) is 0 Å². The highest BCUT2D eigenvalue weighted by Gasteiger charge is 2.10. The van der Waals surface area contributed by atoms with Gasteiger partial charge in [0.1, 0.15) is 12.4 Å². The summed E-state index contributed by atoms with van der Waals surface area (Å²) in [4.78, 5) is 0. The minimum absolute atomic E-state index is 0.0938. The molecule has 0 radical (unpaired) electrons. The van der Waals surface area contributed by atoms with Crippen molar-refractivity contribution in [2.24, 2.45) is 5.10 Å². The summed E-state index contributed by atoms with van der Waals surface area (Å²) >= 11 is 17.4. The first-order valence-electron chi connectivity index (χ1n) is 7.50. The van der Waals surface area contributed by atoms with E-state index in [4.69, 9.17) is 44.9 Å². The van der Waals surface area contributed by atoms with Gasteiger partial charge in [-0.05, 0) is 54.2 Å². The number of ether oxygens (including phenoxy) is 2. The van der Waals surface area contributed by atoms with Crippen LogP contribution in [0.25, 0.3) is 0 Å². The minimum Gasteiger partial charge on any atom is -0.497 e. The molecular formula is C17H14Cl2N4O2S. The van der Waals surface area contributed by atoms with Crippen LogP contribution in [0.5, 0.6) is 11.5 Å². The molecule has 0 saturated heterocycles. The van der Waals surface area contributed by atoms with E-state index in [2.05, 4.69) is 15.3 Å². The van der Waals surface area contributed by atoms with Crippen molar-refractivity contribution < 1.29 is 9.47 Å². The van der Waals surface area contributed by atoms with E-state index in [1.54, 1.807) is 31.5 Å². The standard InChI is InChI=1S/C17H14Cl2N4O2S/c1-24-12-7-5-11(6-8-12)9-20-23-15(21-22-17(23)26)10-25-16-13(18)3-2-4-14(16)19/h2-9H,10H2,1H3,(H,22,26)/b20-9-. The lowest BCUT2D eigenvalue weighted by atomic mass is 10.2. The van der Waals surface area contributed by atoms with Crippen LogP contribution in [0.2, 0.25) is 10.0 Å². The molecule has 3 rings (SSSR count). The zero-order chi connectivity index (χ0) is 18.5. The van der Waals surface area contributed by atoms with Gasteiger partial charge in [0, 0.05) is 0 Å². The number of halogens is 2. The number of rotatable bonds is 6. The Morgan fingerprint density at radius 1 is 1.19 bits per heavy atom. The smallest absolute Gasteiger partial charge is 0.216 e. The number of nitrogens with one attached hydrogen (secondary N) is 1. The van der Waals surface area contributed by atoms with Gasteiger partial charge in [-0.3, -0.25) is 0 Å². The molecule has 0 amide bonds. The van der Waals surface area contributed by atoms with Gasteiger partial charge in [0.05, 0.1) is 23.4 Å². The van der Waals surface area contributed by atoms with Gasteiger partial charge in [-0.25, -0.2) is 5.10 Å². The first kappa shape index (κ1) is 18.4. The summed E-state index contributed by atoms with van der Waals surface area (Å²) < 4.78 is 12.6. The molecule has 2 aromatic carbocycles. The Bertz CT molecular complexity index is 963. The Labute approximate surface area is 165 Å². The first-order valence-corrected chi connectivity index (χ1v) is 8.66. The summed E-state index contributed by atoms with van der Waals surface area (Å²) in [5.41, 5.74) is 0.884. The lowest BCUT2D eigenvalue weighted by Gasteiger charge is -2.08. The molecule has 1 aromatic heterocycles. The minimum atomic E-state index is 0.0938. The zero-order valence-electron chi connectivity index (χ0n) is 13.6. The van der Waals surface area contributed by atoms with Crippen LogP contribution >= 0.6 is 35.4 Å². The number of para-hydroxylation sites is 1. The van der Waals surface area contributed by atoms with E-state index in [0.29, 0.717) is 26.4 Å². The van der Waals surface area contributed by atoms with E-state index in [-0.39, 0.29) is 6.61 Å². The highest BCUT2D eigenvalue weighted by molar-refractivity contribution is 7.71. The summed E-state index contributed by atoms with van der Waals surface area (Å²) in [7, 11) is 1.62. The quantitative estimate of drug-likeness (QED) is 0.473. The van der Waals surface area contributed by atoms with Crippen molar-refractivity contribution in [3.05, 3.63) is 68.7 Å². The van der Waals surface area contributed by atoms with E-state index >= 15 is 0 Å². The van der Waals surface area contributed by atoms with Crippen molar-refractivity contribution in [2.75, 3.05) is 7.11 Å². The van der Waals surface area contributed by atoms with Gasteiger partial charge in [0.25, 0.3) is 0 Å². The molecule has 3 aromatic rings. The number of nitrogens with zero attached hydrogens (tertiary/aromatic N) is 3. The Kier molecular flexibility index (Phi) is 5.92. The fraction of sp³-hybridized carbons (Fsp3) is 0.118. The second-order valence-electron chi connectivity index (χ2n) is 5.11. The second kappa shape index (κ2) is 8.35. The van der Waals surface area contributed by atoms with Crippen molar-refractivity contribution in [3.63, 3.8) is 0 Å². The van der Waals surface area contributed by atoms with Gasteiger partial charge in [0.15, 0.2) is 11.6 Å². The van der Waals surface area contributed by atoms with Crippen LogP contribution < -0.4 is 9.47 Å². The number of aromatic nitrogens is 3. The number of hydrogen-bond acceptors (Lipinski definition) is 5. The fourth-order valence-corrected chi connectivity index (χ4v) is 2.81. The molecule has 0 aliphatic rings. The lowest BCUT2D eigenvalue weighted by molar-refractivity contribution is 0.291. The van der Waals surface area contributed by atoms with Gasteiger partial charge in [-0.15, -0.1) is 0 Å². The Morgan fingerprint density at radius 3 is 2.54 bits per heavy atom. The number of aromatic amines is 1. The maximum absolute atomic E-state index is 6.10. The van der Waals surface area contributed by atoms with Crippen LogP contribution in [-0.4, -0.2) is 28.2 Å². The normalized spacial score (nSPS) is 11.0. The van der Waals surface area contributed by atoms with Gasteiger partial charge >= 0.3 is 0 Å². The predicted molar refractivity (Wildman–Crippen MR) is 104 cm³/mol. The fourth-order valence-electron chi connectivity index (χ4n) is 2.11. The molecule has 0 bridgehead atoms. The number of methoxy groups -OCH3 is 1. The van der Waals surface area contributed by atoms with Crippen molar-refractivity contribution in [1.82, 2.24) is 14.9 Å². The molecule has 0 aliphatic carbocycles. The molecule has 6 nitrogen and oxygen atoms in total. The van der Waals surface area contributed by atoms with Crippen LogP contribution in [0, 0.1) is 4.77 Å². The molecule has 0 atom stereocenters. The number of H-pyrrole nitrogens is 1. The Morgan fingerprint density at radius 2 is 1.88 bits per heavy atom. The van der Waals surface area contributed by atoms with Gasteiger partial charge in [-0.1, -0.05) is 29.3 Å². The van der Waals surface area contributed by atoms with Gasteiger partial charge in [0.2, 0.25) is 4.77 Å². The molecule has 1 heterocycles. The molecule has 1 N–H and O–H groups in total. The third kappa shape index (κ3) is 4.24. The molecule has 9 heteroatoms. The molecule has 26 heavy (non-hydrogen) atoms.